The van der Waals surface area contributed by atoms with Crippen LogP contribution in [0.5, 0.6) is 0 Å². The predicted octanol–water partition coefficient (Wildman–Crippen LogP) is 2.96. The van der Waals surface area contributed by atoms with Crippen molar-refractivity contribution in [3.8, 4) is 0 Å². The number of nitrogens with one attached hydrogen (secondary N) is 1. The summed E-state index contributed by atoms with van der Waals surface area (Å²) in [7, 11) is 0. The van der Waals surface area contributed by atoms with E-state index in [4.69, 9.17) is 23.8 Å². The third-order valence-electron chi connectivity index (χ3n) is 11.4. The molecule has 2 N–H and O–H groups in total. The van der Waals surface area contributed by atoms with Crippen molar-refractivity contribution in [2.24, 2.45) is 5.41 Å². The van der Waals surface area contributed by atoms with Crippen molar-refractivity contribution in [1.29, 1.82) is 0 Å². The Morgan fingerprint density at radius 3 is 2.51 bits per heavy atom. The lowest BCUT2D eigenvalue weighted by atomic mass is 9.62. The van der Waals surface area contributed by atoms with Crippen LogP contribution in [0.2, 0.25) is 0 Å². The van der Waals surface area contributed by atoms with Crippen molar-refractivity contribution in [1.82, 2.24) is 15.3 Å². The van der Waals surface area contributed by atoms with Gasteiger partial charge in [-0.3, -0.25) is 24.0 Å². The summed E-state index contributed by atoms with van der Waals surface area (Å²) < 4.78 is 26.2. The Morgan fingerprint density at radius 1 is 1.08 bits per heavy atom. The van der Waals surface area contributed by atoms with Gasteiger partial charge in [0.25, 0.3) is 0 Å². The van der Waals surface area contributed by atoms with Gasteiger partial charge in [0.1, 0.15) is 41.5 Å². The van der Waals surface area contributed by atoms with Crippen LogP contribution >= 0.6 is 22.6 Å². The van der Waals surface area contributed by atoms with Crippen molar-refractivity contribution in [2.45, 2.75) is 126 Å². The molecule has 2 aliphatic carbocycles. The molecule has 1 spiro atoms. The lowest BCUT2D eigenvalue weighted by molar-refractivity contribution is -0.218. The summed E-state index contributed by atoms with van der Waals surface area (Å²) >= 11 is 2.24. The molecule has 13 nitrogen and oxygen atoms in total. The number of hydroxylamine groups is 2. The third-order valence-corrected chi connectivity index (χ3v) is 12.1. The minimum atomic E-state index is -1.42. The molecule has 2 bridgehead atoms. The Bertz CT molecular complexity index is 1780. The van der Waals surface area contributed by atoms with E-state index in [9.17, 15) is 19.5 Å². The maximum atomic E-state index is 15.3. The molecule has 5 fully saturated rings. The minimum absolute atomic E-state index is 0.0108. The van der Waals surface area contributed by atoms with Crippen LogP contribution in [0.1, 0.15) is 69.6 Å². The smallest absolute Gasteiger partial charge is 0.327 e. The number of aliphatic hydroxyl groups excluding tert-OH is 1. The number of aliphatic hydroxyl groups is 1. The van der Waals surface area contributed by atoms with Crippen molar-refractivity contribution >= 4 is 46.3 Å². The molecule has 6 aliphatic rings. The number of benzene rings is 2. The van der Waals surface area contributed by atoms with Crippen LogP contribution < -0.4 is 5.32 Å². The first-order chi connectivity index (χ1) is 25.3. The minimum Gasteiger partial charge on any atom is -0.460 e. The number of hydrogen-bond acceptors (Lipinski definition) is 11. The van der Waals surface area contributed by atoms with E-state index in [-0.39, 0.29) is 38.3 Å². The number of ether oxygens (including phenoxy) is 4. The number of hydrogen-bond donors (Lipinski definition) is 2. The fraction of sp³-hybridized carbons (Fsp3) is 0.590. The van der Waals surface area contributed by atoms with Crippen molar-refractivity contribution in [3.63, 3.8) is 0 Å². The number of esters is 2. The van der Waals surface area contributed by atoms with Crippen LogP contribution in [0.3, 0.4) is 0 Å². The summed E-state index contributed by atoms with van der Waals surface area (Å²) in [5.41, 5.74) is 1.08. The Labute approximate surface area is 322 Å². The number of carbonyl (C=O) groups excluding carboxylic acids is 4. The fourth-order valence-corrected chi connectivity index (χ4v) is 9.90. The molecule has 14 heteroatoms. The monoisotopic (exact) mass is 843 g/mol. The second kappa shape index (κ2) is 13.9. The first-order valence-corrected chi connectivity index (χ1v) is 19.6. The SMILES string of the molecule is CC(C)(C)OC(=O)CC[C@@H](CO)NC(=O)[C@H]1CCCN1C(=O)[C@@]12C[C@H]3OC(=O)[C@@H]1N(Cc1cccc(I)c1)O[C@@H]2[C@H]1OC2(Cc4ccccc4C2)O[C@H]13. The number of amides is 2. The highest BCUT2D eigenvalue weighted by Crippen LogP contribution is 2.59. The molecule has 0 unspecified atom stereocenters. The van der Waals surface area contributed by atoms with Gasteiger partial charge in [-0.05, 0) is 91.4 Å². The van der Waals surface area contributed by atoms with Crippen molar-refractivity contribution in [3.05, 3.63) is 68.8 Å². The van der Waals surface area contributed by atoms with Crippen LogP contribution in [-0.4, -0.2) is 106 Å². The second-order valence-corrected chi connectivity index (χ2v) is 17.5. The van der Waals surface area contributed by atoms with Crippen molar-refractivity contribution in [2.75, 3.05) is 13.2 Å². The van der Waals surface area contributed by atoms with E-state index in [2.05, 4.69) is 40.0 Å². The Hall–Kier alpha value is -3.15. The molecule has 1 saturated carbocycles. The molecule has 0 radical (unpaired) electrons. The number of fused-ring (bicyclic) bond motifs is 5. The molecule has 2 amide bonds. The topological polar surface area (TPSA) is 153 Å². The molecular weight excluding hydrogens is 797 g/mol. The average molecular weight is 844 g/mol. The average Bonchev–Trinajstić information content (AvgIpc) is 3.89. The highest BCUT2D eigenvalue weighted by Gasteiger charge is 2.77. The summed E-state index contributed by atoms with van der Waals surface area (Å²) in [5, 5.41) is 14.6. The van der Waals surface area contributed by atoms with Crippen LogP contribution in [0.15, 0.2) is 48.5 Å². The number of halogens is 1. The lowest BCUT2D eigenvalue weighted by Crippen LogP contribution is -2.70. The van der Waals surface area contributed by atoms with Crippen LogP contribution in [0.4, 0.5) is 0 Å². The first kappa shape index (κ1) is 36.8. The summed E-state index contributed by atoms with van der Waals surface area (Å²) in [6.07, 6.45) is -0.643. The van der Waals surface area contributed by atoms with E-state index in [1.807, 2.05) is 36.4 Å². The van der Waals surface area contributed by atoms with E-state index in [0.717, 1.165) is 20.3 Å². The largest absolute Gasteiger partial charge is 0.460 e. The summed E-state index contributed by atoms with van der Waals surface area (Å²) in [6, 6.07) is 13.3. The number of carbonyl (C=O) groups is 4. The zero-order valence-electron chi connectivity index (χ0n) is 30.1. The van der Waals surface area contributed by atoms with Crippen LogP contribution in [0, 0.1) is 8.99 Å². The highest BCUT2D eigenvalue weighted by atomic mass is 127. The molecule has 8 rings (SSSR count). The molecule has 8 atom stereocenters. The maximum absolute atomic E-state index is 15.3. The molecule has 0 aromatic heterocycles. The van der Waals surface area contributed by atoms with Gasteiger partial charge < -0.3 is 34.3 Å². The second-order valence-electron chi connectivity index (χ2n) is 16.2. The quantitative estimate of drug-likeness (QED) is 0.283. The predicted molar refractivity (Wildman–Crippen MR) is 195 cm³/mol. The van der Waals surface area contributed by atoms with Crippen LogP contribution in [0.25, 0.3) is 0 Å². The van der Waals surface area contributed by atoms with E-state index < -0.39 is 77.2 Å². The van der Waals surface area contributed by atoms with Gasteiger partial charge in [-0.25, -0.2) is 0 Å². The molecule has 4 heterocycles. The van der Waals surface area contributed by atoms with Gasteiger partial charge in [-0.2, -0.15) is 5.06 Å². The van der Waals surface area contributed by atoms with Gasteiger partial charge in [0, 0.05) is 35.8 Å². The number of likely N-dealkylation sites (tertiary alicyclic amines) is 1. The van der Waals surface area contributed by atoms with Crippen LogP contribution in [-0.2, 0) is 62.3 Å². The van der Waals surface area contributed by atoms with E-state index in [0.29, 0.717) is 32.2 Å². The van der Waals surface area contributed by atoms with Gasteiger partial charge in [-0.15, -0.1) is 0 Å². The van der Waals surface area contributed by atoms with E-state index >= 15 is 4.79 Å². The first-order valence-electron chi connectivity index (χ1n) is 18.5. The van der Waals surface area contributed by atoms with E-state index in [1.54, 1.807) is 30.7 Å². The summed E-state index contributed by atoms with van der Waals surface area (Å²) in [5.74, 6) is -2.76. The zero-order chi connectivity index (χ0) is 37.3. The fourth-order valence-electron chi connectivity index (χ4n) is 9.30. The third kappa shape index (κ3) is 6.66. The molecule has 2 aromatic rings. The van der Waals surface area contributed by atoms with Gasteiger partial charge >= 0.3 is 11.9 Å². The molecule has 4 aliphatic heterocycles. The zero-order valence-corrected chi connectivity index (χ0v) is 32.3. The van der Waals surface area contributed by atoms with Gasteiger partial charge in [0.15, 0.2) is 11.8 Å². The maximum Gasteiger partial charge on any atom is 0.327 e. The Balaban J connectivity index is 1.08. The van der Waals surface area contributed by atoms with Crippen molar-refractivity contribution < 1.29 is 48.1 Å². The highest BCUT2D eigenvalue weighted by molar-refractivity contribution is 14.1. The lowest BCUT2D eigenvalue weighted by Gasteiger charge is -2.50. The van der Waals surface area contributed by atoms with Gasteiger partial charge in [-0.1, -0.05) is 36.4 Å². The standard InChI is InChI=1S/C39H46IN3O10/c1-37(2,3)50-29(45)14-13-26(21-44)41-34(46)27-12-7-15-42(27)36(48)39-19-28-30-31(52-38(51-30)17-23-9-4-5-10-24(23)18-38)33(39)53-43(32(39)35(47)49-28)20-22-8-6-11-25(40)16-22/h4-6,8-11,16,26-28,30-33,44H,7,12-15,17-21H2,1-3H3,(H,41,46)/t26-,27+,28+,30-,31-,32-,33+,39-/m0/s1. The molecule has 2 aromatic carbocycles. The number of nitrogens with zero attached hydrogens (tertiary/aromatic N) is 2. The number of rotatable bonds is 9. The van der Waals surface area contributed by atoms with E-state index in [1.165, 1.54) is 0 Å². The molecule has 53 heavy (non-hydrogen) atoms. The van der Waals surface area contributed by atoms with Gasteiger partial charge in [0.05, 0.1) is 19.2 Å². The Morgan fingerprint density at radius 2 is 1.81 bits per heavy atom. The molecule has 284 valence electrons. The summed E-state index contributed by atoms with van der Waals surface area (Å²) in [4.78, 5) is 64.1. The summed E-state index contributed by atoms with van der Waals surface area (Å²) in [6.45, 7) is 5.47. The normalized spacial score (nSPS) is 31.6. The molecule has 4 saturated heterocycles. The molecular formula is C39H46IN3O10. The van der Waals surface area contributed by atoms with Gasteiger partial charge in [0.2, 0.25) is 11.8 Å². The Kier molecular flexibility index (Phi) is 9.62.